The second-order valence-corrected chi connectivity index (χ2v) is 3.49. The lowest BCUT2D eigenvalue weighted by molar-refractivity contribution is 0.466. The van der Waals surface area contributed by atoms with Crippen molar-refractivity contribution in [3.8, 4) is 11.5 Å². The summed E-state index contributed by atoms with van der Waals surface area (Å²) >= 11 is 0. The van der Waals surface area contributed by atoms with E-state index >= 15 is 0 Å². The van der Waals surface area contributed by atoms with Crippen LogP contribution in [-0.2, 0) is 0 Å². The summed E-state index contributed by atoms with van der Waals surface area (Å²) in [4.78, 5) is 4.00. The summed E-state index contributed by atoms with van der Waals surface area (Å²) in [6, 6.07) is 5.04. The monoisotopic (exact) mass is 236 g/mol. The minimum atomic E-state index is -0.846. The van der Waals surface area contributed by atoms with Gasteiger partial charge in [-0.1, -0.05) is 0 Å². The highest BCUT2D eigenvalue weighted by atomic mass is 19.1. The SMILES string of the molecule is Cc1ncccc1Oc1cc(F)cc(F)c1N. The summed E-state index contributed by atoms with van der Waals surface area (Å²) in [7, 11) is 0. The van der Waals surface area contributed by atoms with E-state index in [0.717, 1.165) is 6.07 Å². The van der Waals surface area contributed by atoms with Crippen molar-refractivity contribution in [1.29, 1.82) is 0 Å². The number of nitrogen functional groups attached to an aromatic ring is 1. The molecule has 0 aliphatic rings. The van der Waals surface area contributed by atoms with Crippen molar-refractivity contribution in [1.82, 2.24) is 4.98 Å². The number of benzene rings is 1. The number of nitrogens with two attached hydrogens (primary N) is 1. The van der Waals surface area contributed by atoms with Crippen LogP contribution in [0.5, 0.6) is 11.5 Å². The van der Waals surface area contributed by atoms with Crippen LogP contribution in [0.2, 0.25) is 0 Å². The fraction of sp³-hybridized carbons (Fsp3) is 0.0833. The van der Waals surface area contributed by atoms with E-state index in [9.17, 15) is 8.78 Å². The quantitative estimate of drug-likeness (QED) is 0.815. The Hall–Kier alpha value is -2.17. The number of aromatic nitrogens is 1. The summed E-state index contributed by atoms with van der Waals surface area (Å²) in [6.45, 7) is 1.72. The van der Waals surface area contributed by atoms with E-state index in [4.69, 9.17) is 10.5 Å². The molecule has 2 N–H and O–H groups in total. The lowest BCUT2D eigenvalue weighted by Gasteiger charge is -2.10. The molecule has 0 amide bonds. The van der Waals surface area contributed by atoms with Gasteiger partial charge in [0, 0.05) is 18.3 Å². The molecule has 0 unspecified atom stereocenters. The number of aryl methyl sites for hydroxylation is 1. The van der Waals surface area contributed by atoms with Gasteiger partial charge < -0.3 is 10.5 Å². The molecule has 3 nitrogen and oxygen atoms in total. The highest BCUT2D eigenvalue weighted by Crippen LogP contribution is 2.31. The van der Waals surface area contributed by atoms with Crippen LogP contribution in [0.15, 0.2) is 30.5 Å². The number of anilines is 1. The zero-order valence-corrected chi connectivity index (χ0v) is 9.08. The Morgan fingerprint density at radius 2 is 2.00 bits per heavy atom. The van der Waals surface area contributed by atoms with Gasteiger partial charge in [-0.15, -0.1) is 0 Å². The van der Waals surface area contributed by atoms with Crippen molar-refractivity contribution in [2.45, 2.75) is 6.92 Å². The van der Waals surface area contributed by atoms with E-state index in [2.05, 4.69) is 4.98 Å². The largest absolute Gasteiger partial charge is 0.453 e. The summed E-state index contributed by atoms with van der Waals surface area (Å²) in [5.74, 6) is -1.24. The number of hydrogen-bond donors (Lipinski definition) is 1. The van der Waals surface area contributed by atoms with Crippen LogP contribution in [0.3, 0.4) is 0 Å². The molecule has 0 radical (unpaired) electrons. The normalized spacial score (nSPS) is 10.3. The van der Waals surface area contributed by atoms with Crippen molar-refractivity contribution < 1.29 is 13.5 Å². The standard InChI is InChI=1S/C12H10F2N2O/c1-7-10(3-2-4-16-7)17-11-6-8(13)5-9(14)12(11)15/h2-6H,15H2,1H3. The predicted molar refractivity (Wildman–Crippen MR) is 59.8 cm³/mol. The smallest absolute Gasteiger partial charge is 0.156 e. The van der Waals surface area contributed by atoms with Gasteiger partial charge in [-0.05, 0) is 19.1 Å². The molecule has 0 aliphatic heterocycles. The van der Waals surface area contributed by atoms with Gasteiger partial charge in [0.05, 0.1) is 5.69 Å². The second-order valence-electron chi connectivity index (χ2n) is 3.49. The van der Waals surface area contributed by atoms with Crippen LogP contribution in [-0.4, -0.2) is 4.98 Å². The van der Waals surface area contributed by atoms with E-state index in [1.165, 1.54) is 0 Å². The van der Waals surface area contributed by atoms with Crippen LogP contribution in [0, 0.1) is 18.6 Å². The Kier molecular flexibility index (Phi) is 2.91. The first-order chi connectivity index (χ1) is 8.08. The van der Waals surface area contributed by atoms with Gasteiger partial charge in [-0.25, -0.2) is 8.78 Å². The van der Waals surface area contributed by atoms with Crippen molar-refractivity contribution >= 4 is 5.69 Å². The van der Waals surface area contributed by atoms with Crippen molar-refractivity contribution in [3.05, 3.63) is 47.8 Å². The van der Waals surface area contributed by atoms with Crippen LogP contribution >= 0.6 is 0 Å². The first kappa shape index (κ1) is 11.3. The lowest BCUT2D eigenvalue weighted by atomic mass is 10.2. The highest BCUT2D eigenvalue weighted by Gasteiger charge is 2.11. The molecular formula is C12H10F2N2O. The molecule has 88 valence electrons. The third kappa shape index (κ3) is 2.33. The topological polar surface area (TPSA) is 48.1 Å². The zero-order valence-electron chi connectivity index (χ0n) is 9.08. The van der Waals surface area contributed by atoms with E-state index in [1.54, 1.807) is 25.3 Å². The van der Waals surface area contributed by atoms with Gasteiger partial charge in [-0.2, -0.15) is 0 Å². The molecule has 1 aromatic carbocycles. The van der Waals surface area contributed by atoms with Crippen LogP contribution in [0.4, 0.5) is 14.5 Å². The lowest BCUT2D eigenvalue weighted by Crippen LogP contribution is -1.98. The minimum Gasteiger partial charge on any atom is -0.453 e. The summed E-state index contributed by atoms with van der Waals surface area (Å²) in [5.41, 5.74) is 5.84. The van der Waals surface area contributed by atoms with E-state index in [1.807, 2.05) is 0 Å². The number of halogens is 2. The molecule has 0 spiro atoms. The maximum Gasteiger partial charge on any atom is 0.156 e. The Morgan fingerprint density at radius 3 is 2.71 bits per heavy atom. The third-order valence-corrected chi connectivity index (χ3v) is 2.23. The van der Waals surface area contributed by atoms with Gasteiger partial charge in [0.25, 0.3) is 0 Å². The molecule has 5 heteroatoms. The molecule has 0 bridgehead atoms. The Morgan fingerprint density at radius 1 is 1.24 bits per heavy atom. The second kappa shape index (κ2) is 4.37. The number of hydrogen-bond acceptors (Lipinski definition) is 3. The zero-order chi connectivity index (χ0) is 12.4. The molecule has 2 rings (SSSR count). The molecular weight excluding hydrogens is 226 g/mol. The molecule has 1 aromatic heterocycles. The van der Waals surface area contributed by atoms with Crippen LogP contribution in [0.25, 0.3) is 0 Å². The molecule has 0 saturated heterocycles. The van der Waals surface area contributed by atoms with E-state index in [-0.39, 0.29) is 11.4 Å². The highest BCUT2D eigenvalue weighted by molar-refractivity contribution is 5.55. The van der Waals surface area contributed by atoms with Crippen molar-refractivity contribution in [2.75, 3.05) is 5.73 Å². The molecule has 2 aromatic rings. The molecule has 0 fully saturated rings. The van der Waals surface area contributed by atoms with Gasteiger partial charge in [-0.3, -0.25) is 4.98 Å². The molecule has 0 atom stereocenters. The van der Waals surface area contributed by atoms with Gasteiger partial charge in [0.2, 0.25) is 0 Å². The Labute approximate surface area is 96.9 Å². The third-order valence-electron chi connectivity index (χ3n) is 2.23. The number of nitrogens with zero attached hydrogens (tertiary/aromatic N) is 1. The van der Waals surface area contributed by atoms with Gasteiger partial charge in [0.1, 0.15) is 17.3 Å². The van der Waals surface area contributed by atoms with Crippen molar-refractivity contribution in [2.24, 2.45) is 0 Å². The number of ether oxygens (including phenoxy) is 1. The van der Waals surface area contributed by atoms with Gasteiger partial charge in [0.15, 0.2) is 11.6 Å². The Balaban J connectivity index is 2.40. The molecule has 17 heavy (non-hydrogen) atoms. The minimum absolute atomic E-state index is 0.0569. The summed E-state index contributed by atoms with van der Waals surface area (Å²) in [6.07, 6.45) is 1.59. The molecule has 0 saturated carbocycles. The predicted octanol–water partition coefficient (Wildman–Crippen LogP) is 3.04. The summed E-state index contributed by atoms with van der Waals surface area (Å²) in [5, 5.41) is 0. The first-order valence-corrected chi connectivity index (χ1v) is 4.92. The number of rotatable bonds is 2. The first-order valence-electron chi connectivity index (χ1n) is 4.92. The average molecular weight is 236 g/mol. The number of pyridine rings is 1. The van der Waals surface area contributed by atoms with E-state index < -0.39 is 11.6 Å². The summed E-state index contributed by atoms with van der Waals surface area (Å²) < 4.78 is 31.5. The fourth-order valence-corrected chi connectivity index (χ4v) is 1.34. The maximum absolute atomic E-state index is 13.2. The molecule has 1 heterocycles. The molecule has 0 aliphatic carbocycles. The fourth-order valence-electron chi connectivity index (χ4n) is 1.34. The van der Waals surface area contributed by atoms with E-state index in [0.29, 0.717) is 17.5 Å². The van der Waals surface area contributed by atoms with Crippen molar-refractivity contribution in [3.63, 3.8) is 0 Å². The van der Waals surface area contributed by atoms with Crippen LogP contribution < -0.4 is 10.5 Å². The maximum atomic E-state index is 13.2. The average Bonchev–Trinajstić information content (AvgIpc) is 2.28. The van der Waals surface area contributed by atoms with Gasteiger partial charge >= 0.3 is 0 Å². The van der Waals surface area contributed by atoms with Crippen LogP contribution in [0.1, 0.15) is 5.69 Å². The Bertz CT molecular complexity index is 558.